The molecule has 1 N–H and O–H groups in total. The molecule has 0 spiro atoms. The van der Waals surface area contributed by atoms with Crippen molar-refractivity contribution in [1.82, 2.24) is 0 Å². The maximum atomic E-state index is 8.17. The number of pyridine rings is 1. The fourth-order valence-electron chi connectivity index (χ4n) is 0.640. The van der Waals surface area contributed by atoms with Crippen LogP contribution in [0.2, 0.25) is 0 Å². The number of H-pyrrole nitrogens is 1. The Balaban J connectivity index is 0.000000354. The molecule has 0 saturated heterocycles. The number of nitriles is 4. The van der Waals surface area contributed by atoms with Crippen molar-refractivity contribution in [2.45, 2.75) is 6.04 Å². The van der Waals surface area contributed by atoms with Crippen LogP contribution in [0.15, 0.2) is 35.6 Å². The smallest absolute Gasteiger partial charge is 0.224 e. The highest BCUT2D eigenvalue weighted by atomic mass is 14.8. The van der Waals surface area contributed by atoms with Gasteiger partial charge < -0.3 is 0 Å². The molecule has 6 nitrogen and oxygen atoms in total. The zero-order valence-corrected chi connectivity index (χ0v) is 8.70. The van der Waals surface area contributed by atoms with E-state index in [-0.39, 0.29) is 0 Å². The van der Waals surface area contributed by atoms with Gasteiger partial charge in [0.15, 0.2) is 12.4 Å². The second kappa shape index (κ2) is 9.34. The van der Waals surface area contributed by atoms with Crippen LogP contribution in [0.4, 0.5) is 0 Å². The summed E-state index contributed by atoms with van der Waals surface area (Å²) in [6.45, 7) is 0. The van der Waals surface area contributed by atoms with Gasteiger partial charge in [0.1, 0.15) is 24.3 Å². The predicted molar refractivity (Wildman–Crippen MR) is 56.7 cm³/mol. The number of aliphatic imine (C=N–C) groups is 1. The highest BCUT2D eigenvalue weighted by Gasteiger charge is 2.03. The molecule has 1 aromatic heterocycles. The van der Waals surface area contributed by atoms with E-state index in [4.69, 9.17) is 21.0 Å². The van der Waals surface area contributed by atoms with Crippen molar-refractivity contribution in [2.75, 3.05) is 0 Å². The SMILES string of the molecule is N#CC(C#N)=NC(C#N)C#N.c1cc[nH+]cc1. The van der Waals surface area contributed by atoms with Crippen molar-refractivity contribution in [2.24, 2.45) is 4.99 Å². The number of nitrogens with zero attached hydrogens (tertiary/aromatic N) is 5. The van der Waals surface area contributed by atoms with E-state index in [1.165, 1.54) is 24.3 Å². The summed E-state index contributed by atoms with van der Waals surface area (Å²) in [5.74, 6) is 0. The lowest BCUT2D eigenvalue weighted by atomic mass is 10.3. The van der Waals surface area contributed by atoms with Crippen molar-refractivity contribution < 1.29 is 4.98 Å². The van der Waals surface area contributed by atoms with Crippen LogP contribution in [0.3, 0.4) is 0 Å². The standard InChI is InChI=1S/C6HN5.C5H5N/c7-1-5(2-8)11-6(3-9)4-10;1-2-4-6-5-3-1/h5H;1-5H/p+1. The van der Waals surface area contributed by atoms with E-state index < -0.39 is 11.8 Å². The van der Waals surface area contributed by atoms with Crippen molar-refractivity contribution in [3.05, 3.63) is 30.6 Å². The molecular formula is C11H7N6+. The Bertz CT molecular complexity index is 464. The number of hydrogen-bond acceptors (Lipinski definition) is 5. The van der Waals surface area contributed by atoms with Crippen LogP contribution >= 0.6 is 0 Å². The van der Waals surface area contributed by atoms with Crippen LogP contribution in [0.5, 0.6) is 0 Å². The van der Waals surface area contributed by atoms with E-state index in [1.54, 1.807) is 0 Å². The molecule has 0 saturated carbocycles. The summed E-state index contributed by atoms with van der Waals surface area (Å²) in [7, 11) is 0. The Kier molecular flexibility index (Phi) is 7.57. The second-order valence-electron chi connectivity index (χ2n) is 2.44. The summed E-state index contributed by atoms with van der Waals surface area (Å²) in [4.78, 5) is 6.11. The van der Waals surface area contributed by atoms with Crippen molar-refractivity contribution in [1.29, 1.82) is 21.0 Å². The lowest BCUT2D eigenvalue weighted by Gasteiger charge is -1.84. The van der Waals surface area contributed by atoms with E-state index in [0.29, 0.717) is 0 Å². The fourth-order valence-corrected chi connectivity index (χ4v) is 0.640. The third-order valence-electron chi connectivity index (χ3n) is 1.32. The molecule has 0 atom stereocenters. The number of aromatic amines is 1. The van der Waals surface area contributed by atoms with Gasteiger partial charge in [0, 0.05) is 12.1 Å². The van der Waals surface area contributed by atoms with Crippen LogP contribution in [0, 0.1) is 45.3 Å². The lowest BCUT2D eigenvalue weighted by molar-refractivity contribution is -0.377. The Morgan fingerprint density at radius 1 is 0.941 bits per heavy atom. The van der Waals surface area contributed by atoms with Crippen LogP contribution < -0.4 is 4.98 Å². The van der Waals surface area contributed by atoms with E-state index in [2.05, 4.69) is 9.98 Å². The average molecular weight is 223 g/mol. The van der Waals surface area contributed by atoms with Gasteiger partial charge in [-0.2, -0.15) is 21.0 Å². The quantitative estimate of drug-likeness (QED) is 0.639. The molecule has 0 unspecified atom stereocenters. The minimum Gasteiger partial charge on any atom is -0.230 e. The maximum Gasteiger partial charge on any atom is 0.224 e. The molecule has 0 amide bonds. The Morgan fingerprint density at radius 3 is 1.71 bits per heavy atom. The topological polar surface area (TPSA) is 122 Å². The molecule has 0 aliphatic carbocycles. The van der Waals surface area contributed by atoms with Crippen LogP contribution in [0.1, 0.15) is 0 Å². The Morgan fingerprint density at radius 2 is 1.47 bits per heavy atom. The largest absolute Gasteiger partial charge is 0.230 e. The fraction of sp³-hybridized carbons (Fsp3) is 0.0909. The molecule has 1 rings (SSSR count). The van der Waals surface area contributed by atoms with Gasteiger partial charge in [0.2, 0.25) is 11.8 Å². The van der Waals surface area contributed by atoms with Crippen molar-refractivity contribution >= 4 is 5.71 Å². The minimum absolute atomic E-state index is 0.460. The van der Waals surface area contributed by atoms with Gasteiger partial charge in [0.25, 0.3) is 0 Å². The van der Waals surface area contributed by atoms with Crippen molar-refractivity contribution in [3.8, 4) is 24.3 Å². The molecule has 1 aromatic rings. The van der Waals surface area contributed by atoms with Gasteiger partial charge in [-0.3, -0.25) is 0 Å². The zero-order valence-electron chi connectivity index (χ0n) is 8.70. The first-order valence-corrected chi connectivity index (χ1v) is 4.36. The van der Waals surface area contributed by atoms with E-state index in [1.807, 2.05) is 30.6 Å². The first kappa shape index (κ1) is 13.8. The molecule has 6 heteroatoms. The van der Waals surface area contributed by atoms with E-state index in [0.717, 1.165) is 0 Å². The van der Waals surface area contributed by atoms with Gasteiger partial charge in [0.05, 0.1) is 0 Å². The maximum absolute atomic E-state index is 8.17. The van der Waals surface area contributed by atoms with Gasteiger partial charge in [-0.25, -0.2) is 9.98 Å². The molecule has 1 heterocycles. The zero-order chi connectivity index (χ0) is 12.9. The third kappa shape index (κ3) is 6.80. The van der Waals surface area contributed by atoms with Crippen LogP contribution in [-0.4, -0.2) is 11.8 Å². The van der Waals surface area contributed by atoms with E-state index >= 15 is 0 Å². The average Bonchev–Trinajstić information content (AvgIpc) is 2.43. The summed E-state index contributed by atoms with van der Waals surface area (Å²) in [6, 6.07) is 10.5. The molecule has 0 radical (unpaired) electrons. The minimum atomic E-state index is -1.26. The Labute approximate surface area is 98.3 Å². The molecule has 0 bridgehead atoms. The summed E-state index contributed by atoms with van der Waals surface area (Å²) in [6.07, 6.45) is 3.75. The van der Waals surface area contributed by atoms with Crippen LogP contribution in [-0.2, 0) is 0 Å². The summed E-state index contributed by atoms with van der Waals surface area (Å²) < 4.78 is 0. The van der Waals surface area contributed by atoms with Gasteiger partial charge in [-0.1, -0.05) is 6.07 Å². The number of aromatic nitrogens is 1. The monoisotopic (exact) mass is 223 g/mol. The molecule has 0 fully saturated rings. The first-order chi connectivity index (χ1) is 8.28. The molecular weight excluding hydrogens is 216 g/mol. The van der Waals surface area contributed by atoms with E-state index in [9.17, 15) is 0 Å². The van der Waals surface area contributed by atoms with Gasteiger partial charge >= 0.3 is 0 Å². The first-order valence-electron chi connectivity index (χ1n) is 4.36. The number of rotatable bonds is 1. The van der Waals surface area contributed by atoms with Crippen LogP contribution in [0.25, 0.3) is 0 Å². The molecule has 0 aliphatic rings. The predicted octanol–water partition coefficient (Wildman–Crippen LogP) is 0.391. The molecule has 0 aromatic carbocycles. The molecule has 0 aliphatic heterocycles. The lowest BCUT2D eigenvalue weighted by Crippen LogP contribution is -2.00. The molecule has 17 heavy (non-hydrogen) atoms. The Hall–Kier alpha value is -3.22. The van der Waals surface area contributed by atoms with Gasteiger partial charge in [-0.15, -0.1) is 0 Å². The third-order valence-corrected chi connectivity index (χ3v) is 1.32. The summed E-state index contributed by atoms with van der Waals surface area (Å²) >= 11 is 0. The second-order valence-corrected chi connectivity index (χ2v) is 2.44. The van der Waals surface area contributed by atoms with Crippen molar-refractivity contribution in [3.63, 3.8) is 0 Å². The van der Waals surface area contributed by atoms with Gasteiger partial charge in [-0.05, 0) is 0 Å². The summed E-state index contributed by atoms with van der Waals surface area (Å²) in [5.41, 5.74) is -0.460. The number of nitrogens with one attached hydrogen (secondary N) is 1. The number of hydrogen-bond donors (Lipinski definition) is 0. The normalized spacial score (nSPS) is 7.12. The summed E-state index contributed by atoms with van der Waals surface area (Å²) in [5, 5.41) is 32.6. The highest BCUT2D eigenvalue weighted by Crippen LogP contribution is 1.86. The molecule has 80 valence electrons. The highest BCUT2D eigenvalue weighted by molar-refractivity contribution is 6.10.